The van der Waals surface area contributed by atoms with Gasteiger partial charge in [-0.1, -0.05) is 44.9 Å². The Hall–Kier alpha value is -1.06. The first kappa shape index (κ1) is 17.8. The van der Waals surface area contributed by atoms with E-state index in [9.17, 15) is 5.11 Å². The molecule has 1 aromatic carbocycles. The second-order valence-corrected chi connectivity index (χ2v) is 7.91. The van der Waals surface area contributed by atoms with Gasteiger partial charge in [0.25, 0.3) is 0 Å². The molecule has 0 spiro atoms. The van der Waals surface area contributed by atoms with Gasteiger partial charge >= 0.3 is 0 Å². The lowest BCUT2D eigenvalue weighted by atomic mass is 9.78. The molecule has 1 N–H and O–H groups in total. The molecule has 1 heterocycles. The highest BCUT2D eigenvalue weighted by molar-refractivity contribution is 5.35. The maximum atomic E-state index is 10.5. The molecule has 3 rings (SSSR count). The van der Waals surface area contributed by atoms with Gasteiger partial charge in [0, 0.05) is 12.6 Å². The zero-order chi connectivity index (χ0) is 16.9. The average Bonchev–Trinajstić information content (AvgIpc) is 2.60. The van der Waals surface area contributed by atoms with Crippen LogP contribution in [-0.2, 0) is 0 Å². The number of ether oxygens (including phenoxy) is 1. The van der Waals surface area contributed by atoms with Gasteiger partial charge in [0.15, 0.2) is 0 Å². The number of β-amino-alcohol motifs (C(OH)–C–C–N with tert-alkyl or cyclic N) is 1. The first-order valence-corrected chi connectivity index (χ1v) is 9.79. The van der Waals surface area contributed by atoms with Crippen LogP contribution in [0.3, 0.4) is 0 Å². The maximum Gasteiger partial charge on any atom is 0.122 e. The Morgan fingerprint density at radius 1 is 1.12 bits per heavy atom. The van der Waals surface area contributed by atoms with E-state index in [4.69, 9.17) is 4.74 Å². The topological polar surface area (TPSA) is 32.7 Å². The number of aliphatic hydroxyl groups excluding tert-OH is 1. The van der Waals surface area contributed by atoms with E-state index >= 15 is 0 Å². The van der Waals surface area contributed by atoms with Crippen LogP contribution in [0.25, 0.3) is 0 Å². The van der Waals surface area contributed by atoms with Gasteiger partial charge in [-0.3, -0.25) is 4.90 Å². The van der Waals surface area contributed by atoms with E-state index in [0.29, 0.717) is 18.6 Å². The lowest BCUT2D eigenvalue weighted by Crippen LogP contribution is -2.50. The standard InChI is InChI=1S/C21H33NO2/c1-16(2)19-10-4-6-12-21(19)24-15-18(23)14-22-13-7-9-17-8-3-5-11-20(17)22/h4,6,10,12,16-18,20,23H,3,5,7-9,11,13-15H2,1-2H3/t17-,18+,20+/m0/s1. The summed E-state index contributed by atoms with van der Waals surface area (Å²) in [6, 6.07) is 8.88. The van der Waals surface area contributed by atoms with E-state index < -0.39 is 6.10 Å². The van der Waals surface area contributed by atoms with E-state index in [2.05, 4.69) is 30.9 Å². The van der Waals surface area contributed by atoms with Crippen molar-refractivity contribution in [2.24, 2.45) is 5.92 Å². The molecular formula is C21H33NO2. The molecule has 0 radical (unpaired) electrons. The van der Waals surface area contributed by atoms with Crippen LogP contribution < -0.4 is 4.74 Å². The largest absolute Gasteiger partial charge is 0.491 e. The fraction of sp³-hybridized carbons (Fsp3) is 0.714. The fourth-order valence-electron chi connectivity index (χ4n) is 4.55. The third-order valence-electron chi connectivity index (χ3n) is 5.78. The minimum atomic E-state index is -0.411. The number of rotatable bonds is 6. The monoisotopic (exact) mass is 331 g/mol. The van der Waals surface area contributed by atoms with Crippen molar-refractivity contribution >= 4 is 0 Å². The van der Waals surface area contributed by atoms with Crippen molar-refractivity contribution in [1.29, 1.82) is 0 Å². The van der Waals surface area contributed by atoms with Crippen LogP contribution in [0.1, 0.15) is 63.9 Å². The number of hydrogen-bond donors (Lipinski definition) is 1. The molecule has 24 heavy (non-hydrogen) atoms. The molecule has 0 unspecified atom stereocenters. The number of para-hydroxylation sites is 1. The average molecular weight is 332 g/mol. The molecule has 0 bridgehead atoms. The first-order valence-electron chi connectivity index (χ1n) is 9.79. The summed E-state index contributed by atoms with van der Waals surface area (Å²) in [5.74, 6) is 2.21. The quantitative estimate of drug-likeness (QED) is 0.848. The maximum absolute atomic E-state index is 10.5. The summed E-state index contributed by atoms with van der Waals surface area (Å²) in [6.45, 7) is 6.63. The van der Waals surface area contributed by atoms with Gasteiger partial charge in [0.1, 0.15) is 18.5 Å². The second-order valence-electron chi connectivity index (χ2n) is 7.91. The molecule has 1 aliphatic carbocycles. The molecule has 2 fully saturated rings. The van der Waals surface area contributed by atoms with Crippen molar-refractivity contribution in [2.45, 2.75) is 70.4 Å². The van der Waals surface area contributed by atoms with E-state index in [-0.39, 0.29) is 0 Å². The molecule has 134 valence electrons. The number of aliphatic hydroxyl groups is 1. The minimum Gasteiger partial charge on any atom is -0.491 e. The van der Waals surface area contributed by atoms with E-state index in [1.165, 1.54) is 44.1 Å². The molecule has 1 aliphatic heterocycles. The first-order chi connectivity index (χ1) is 11.6. The lowest BCUT2D eigenvalue weighted by Gasteiger charge is -2.44. The Morgan fingerprint density at radius 2 is 1.88 bits per heavy atom. The molecule has 3 atom stereocenters. The molecule has 3 heteroatoms. The highest BCUT2D eigenvalue weighted by atomic mass is 16.5. The van der Waals surface area contributed by atoms with Crippen LogP contribution in [0.4, 0.5) is 0 Å². The third-order valence-corrected chi connectivity index (χ3v) is 5.78. The predicted octanol–water partition coefficient (Wildman–Crippen LogP) is 4.20. The van der Waals surface area contributed by atoms with Gasteiger partial charge in [-0.05, 0) is 55.7 Å². The Morgan fingerprint density at radius 3 is 2.71 bits per heavy atom. The summed E-state index contributed by atoms with van der Waals surface area (Å²) in [5, 5.41) is 10.5. The second kappa shape index (κ2) is 8.35. The van der Waals surface area contributed by atoms with Crippen LogP contribution in [0.15, 0.2) is 24.3 Å². The minimum absolute atomic E-state index is 0.387. The third kappa shape index (κ3) is 4.31. The van der Waals surface area contributed by atoms with Crippen molar-refractivity contribution < 1.29 is 9.84 Å². The highest BCUT2D eigenvalue weighted by Crippen LogP contribution is 2.35. The van der Waals surface area contributed by atoms with Crippen molar-refractivity contribution in [3.63, 3.8) is 0 Å². The van der Waals surface area contributed by atoms with Crippen molar-refractivity contribution in [1.82, 2.24) is 4.90 Å². The molecular weight excluding hydrogens is 298 g/mol. The lowest BCUT2D eigenvalue weighted by molar-refractivity contribution is 0.00641. The van der Waals surface area contributed by atoms with Gasteiger partial charge in [0.05, 0.1) is 0 Å². The van der Waals surface area contributed by atoms with Crippen LogP contribution in [0, 0.1) is 5.92 Å². The molecule has 1 saturated carbocycles. The van der Waals surface area contributed by atoms with Crippen molar-refractivity contribution in [3.05, 3.63) is 29.8 Å². The summed E-state index contributed by atoms with van der Waals surface area (Å²) in [4.78, 5) is 2.54. The van der Waals surface area contributed by atoms with Gasteiger partial charge in [-0.15, -0.1) is 0 Å². The van der Waals surface area contributed by atoms with Gasteiger partial charge < -0.3 is 9.84 Å². The Bertz CT molecular complexity index is 514. The smallest absolute Gasteiger partial charge is 0.122 e. The number of nitrogens with zero attached hydrogens (tertiary/aromatic N) is 1. The number of hydrogen-bond acceptors (Lipinski definition) is 3. The summed E-state index contributed by atoms with van der Waals surface area (Å²) < 4.78 is 5.96. The van der Waals surface area contributed by atoms with Gasteiger partial charge in [-0.2, -0.15) is 0 Å². The van der Waals surface area contributed by atoms with E-state index in [1.54, 1.807) is 0 Å². The summed E-state index contributed by atoms with van der Waals surface area (Å²) in [6.07, 6.45) is 7.70. The van der Waals surface area contributed by atoms with E-state index in [0.717, 1.165) is 24.8 Å². The zero-order valence-electron chi connectivity index (χ0n) is 15.3. The fourth-order valence-corrected chi connectivity index (χ4v) is 4.55. The number of fused-ring (bicyclic) bond motifs is 1. The summed E-state index contributed by atoms with van der Waals surface area (Å²) in [5.41, 5.74) is 1.22. The molecule has 0 amide bonds. The van der Waals surface area contributed by atoms with Gasteiger partial charge in [0.2, 0.25) is 0 Å². The summed E-state index contributed by atoms with van der Waals surface area (Å²) in [7, 11) is 0. The molecule has 0 aromatic heterocycles. The highest BCUT2D eigenvalue weighted by Gasteiger charge is 2.33. The van der Waals surface area contributed by atoms with Crippen LogP contribution in [-0.4, -0.2) is 41.8 Å². The predicted molar refractivity (Wildman–Crippen MR) is 98.6 cm³/mol. The number of piperidine rings is 1. The van der Waals surface area contributed by atoms with Crippen LogP contribution >= 0.6 is 0 Å². The zero-order valence-corrected chi connectivity index (χ0v) is 15.3. The SMILES string of the molecule is CC(C)c1ccccc1OC[C@H](O)CN1CCC[C@@H]2CCCC[C@H]21. The normalized spacial score (nSPS) is 26.2. The Kier molecular flexibility index (Phi) is 6.18. The molecule has 3 nitrogen and oxygen atoms in total. The van der Waals surface area contributed by atoms with Crippen molar-refractivity contribution in [2.75, 3.05) is 19.7 Å². The van der Waals surface area contributed by atoms with Gasteiger partial charge in [-0.25, -0.2) is 0 Å². The molecule has 1 aromatic rings. The van der Waals surface area contributed by atoms with Crippen molar-refractivity contribution in [3.8, 4) is 5.75 Å². The molecule has 2 aliphatic rings. The van der Waals surface area contributed by atoms with Crippen LogP contribution in [0.5, 0.6) is 5.75 Å². The summed E-state index contributed by atoms with van der Waals surface area (Å²) >= 11 is 0. The molecule has 1 saturated heterocycles. The Balaban J connectivity index is 1.53. The number of likely N-dealkylation sites (tertiary alicyclic amines) is 1. The Labute approximate surface area is 147 Å². The van der Waals surface area contributed by atoms with Crippen LogP contribution in [0.2, 0.25) is 0 Å². The van der Waals surface area contributed by atoms with E-state index in [1.807, 2.05) is 12.1 Å². The number of benzene rings is 1.